The lowest BCUT2D eigenvalue weighted by Gasteiger charge is -2.51. The number of hydrogen-bond donors (Lipinski definition) is 2. The molecule has 3 fully saturated rings. The van der Waals surface area contributed by atoms with E-state index < -0.39 is 28.6 Å². The molecular weight excluding hydrogens is 506 g/mol. The molecule has 0 aliphatic heterocycles. The minimum absolute atomic E-state index is 0.258. The standard InChI is InChI=1S/C26H23BrF2N2O3/c1-14-21(23(32)31-26-7-4-25(5-8-26,6-9-26)24(33)34)19-12-16(27)2-3-20(19)30-22(14)15-10-17(28)13-18(29)11-15/h2-3,10-13H,4-9H2,1H3,(H,31,32)(H,33,34). The van der Waals surface area contributed by atoms with Gasteiger partial charge in [0.05, 0.1) is 22.2 Å². The van der Waals surface area contributed by atoms with Gasteiger partial charge in [0.15, 0.2) is 0 Å². The highest BCUT2D eigenvalue weighted by molar-refractivity contribution is 9.10. The number of nitrogens with zero attached hydrogens (tertiary/aromatic N) is 1. The number of aliphatic carboxylic acids is 1. The van der Waals surface area contributed by atoms with Crippen LogP contribution in [0.3, 0.4) is 0 Å². The summed E-state index contributed by atoms with van der Waals surface area (Å²) in [5, 5.41) is 13.5. The molecule has 6 rings (SSSR count). The Morgan fingerprint density at radius 3 is 2.21 bits per heavy atom. The third kappa shape index (κ3) is 3.78. The second kappa shape index (κ2) is 8.12. The van der Waals surface area contributed by atoms with Crippen LogP contribution < -0.4 is 5.32 Å². The molecule has 1 aromatic heterocycles. The minimum atomic E-state index is -0.750. The predicted octanol–water partition coefficient (Wildman–Crippen LogP) is 6.16. The van der Waals surface area contributed by atoms with Crippen LogP contribution in [0.15, 0.2) is 40.9 Å². The maximum atomic E-state index is 14.0. The summed E-state index contributed by atoms with van der Waals surface area (Å²) in [6, 6.07) is 8.58. The Morgan fingerprint density at radius 1 is 1.00 bits per heavy atom. The van der Waals surface area contributed by atoms with E-state index in [1.807, 2.05) is 6.07 Å². The van der Waals surface area contributed by atoms with Gasteiger partial charge < -0.3 is 10.4 Å². The molecule has 3 aliphatic carbocycles. The number of hydrogen-bond acceptors (Lipinski definition) is 3. The number of carbonyl (C=O) groups is 2. The quantitative estimate of drug-likeness (QED) is 0.425. The fraction of sp³-hybridized carbons (Fsp3) is 0.346. The Balaban J connectivity index is 1.58. The van der Waals surface area contributed by atoms with Crippen LogP contribution in [0.1, 0.15) is 54.4 Å². The number of carbonyl (C=O) groups excluding carboxylic acids is 1. The van der Waals surface area contributed by atoms with Gasteiger partial charge in [-0.25, -0.2) is 13.8 Å². The number of pyridine rings is 1. The largest absolute Gasteiger partial charge is 0.481 e. The summed E-state index contributed by atoms with van der Waals surface area (Å²) >= 11 is 3.46. The first-order chi connectivity index (χ1) is 16.1. The number of carboxylic acids is 1. The molecule has 0 atom stereocenters. The molecule has 3 saturated carbocycles. The van der Waals surface area contributed by atoms with Gasteiger partial charge in [-0.05, 0) is 81.3 Å². The van der Waals surface area contributed by atoms with Crippen molar-refractivity contribution >= 4 is 38.7 Å². The Hall–Kier alpha value is -2.87. The van der Waals surface area contributed by atoms with E-state index in [4.69, 9.17) is 0 Å². The van der Waals surface area contributed by atoms with Gasteiger partial charge in [0.2, 0.25) is 0 Å². The molecule has 34 heavy (non-hydrogen) atoms. The van der Waals surface area contributed by atoms with Gasteiger partial charge >= 0.3 is 5.97 Å². The van der Waals surface area contributed by atoms with Crippen molar-refractivity contribution < 1.29 is 23.5 Å². The van der Waals surface area contributed by atoms with Crippen LogP contribution in [0.4, 0.5) is 8.78 Å². The van der Waals surface area contributed by atoms with Gasteiger partial charge in [0.1, 0.15) is 11.6 Å². The Morgan fingerprint density at radius 2 is 1.62 bits per heavy atom. The van der Waals surface area contributed by atoms with Crippen molar-refractivity contribution in [3.05, 3.63) is 63.6 Å². The molecule has 3 aliphatic rings. The topological polar surface area (TPSA) is 79.3 Å². The zero-order chi connectivity index (χ0) is 24.3. The molecule has 0 saturated heterocycles. The number of rotatable bonds is 4. The van der Waals surface area contributed by atoms with E-state index in [9.17, 15) is 23.5 Å². The molecule has 176 valence electrons. The monoisotopic (exact) mass is 528 g/mol. The van der Waals surface area contributed by atoms with Crippen LogP contribution in [0.2, 0.25) is 0 Å². The number of benzene rings is 2. The lowest BCUT2D eigenvalue weighted by atomic mass is 9.57. The van der Waals surface area contributed by atoms with Gasteiger partial charge in [-0.3, -0.25) is 9.59 Å². The Kier molecular flexibility index (Phi) is 5.47. The van der Waals surface area contributed by atoms with E-state index in [0.29, 0.717) is 66.2 Å². The molecule has 2 bridgehead atoms. The highest BCUT2D eigenvalue weighted by atomic mass is 79.9. The molecule has 2 N–H and O–H groups in total. The van der Waals surface area contributed by atoms with Crippen LogP contribution in [0.5, 0.6) is 0 Å². The Labute approximate surface area is 203 Å². The second-order valence-electron chi connectivity index (χ2n) is 9.60. The Bertz CT molecular complexity index is 1310. The smallest absolute Gasteiger partial charge is 0.309 e. The van der Waals surface area contributed by atoms with E-state index in [0.717, 1.165) is 10.5 Å². The van der Waals surface area contributed by atoms with Crippen LogP contribution in [-0.2, 0) is 4.79 Å². The third-order valence-corrected chi connectivity index (χ3v) is 8.13. The second-order valence-corrected chi connectivity index (χ2v) is 10.5. The van der Waals surface area contributed by atoms with Crippen LogP contribution in [0.25, 0.3) is 22.2 Å². The lowest BCUT2D eigenvalue weighted by Crippen LogP contribution is -2.58. The van der Waals surface area contributed by atoms with E-state index in [-0.39, 0.29) is 11.5 Å². The number of aromatic nitrogens is 1. The minimum Gasteiger partial charge on any atom is -0.481 e. The van der Waals surface area contributed by atoms with Crippen LogP contribution in [0, 0.1) is 24.0 Å². The van der Waals surface area contributed by atoms with E-state index in [1.54, 1.807) is 19.1 Å². The molecule has 1 heterocycles. The molecule has 0 radical (unpaired) electrons. The normalized spacial score (nSPS) is 23.8. The van der Waals surface area contributed by atoms with Gasteiger partial charge in [-0.2, -0.15) is 0 Å². The zero-order valence-corrected chi connectivity index (χ0v) is 20.1. The first-order valence-corrected chi connectivity index (χ1v) is 12.0. The molecule has 0 unspecified atom stereocenters. The first-order valence-electron chi connectivity index (χ1n) is 11.2. The van der Waals surface area contributed by atoms with Crippen molar-refractivity contribution in [2.45, 2.75) is 51.0 Å². The van der Waals surface area contributed by atoms with Crippen molar-refractivity contribution in [1.29, 1.82) is 0 Å². The summed E-state index contributed by atoms with van der Waals surface area (Å²) in [5.74, 6) is -2.47. The van der Waals surface area contributed by atoms with Gasteiger partial charge in [-0.1, -0.05) is 15.9 Å². The van der Waals surface area contributed by atoms with Crippen LogP contribution >= 0.6 is 15.9 Å². The summed E-state index contributed by atoms with van der Waals surface area (Å²) in [6.07, 6.45) is 3.45. The summed E-state index contributed by atoms with van der Waals surface area (Å²) in [7, 11) is 0. The lowest BCUT2D eigenvalue weighted by molar-refractivity contribution is -0.156. The third-order valence-electron chi connectivity index (χ3n) is 7.63. The first kappa shape index (κ1) is 22.9. The van der Waals surface area contributed by atoms with Crippen molar-refractivity contribution in [1.82, 2.24) is 10.3 Å². The van der Waals surface area contributed by atoms with E-state index in [1.165, 1.54) is 12.1 Å². The number of amides is 1. The fourth-order valence-electron chi connectivity index (χ4n) is 5.59. The fourth-order valence-corrected chi connectivity index (χ4v) is 5.95. The average Bonchev–Trinajstić information content (AvgIpc) is 2.78. The predicted molar refractivity (Wildman–Crippen MR) is 128 cm³/mol. The molecule has 8 heteroatoms. The molecule has 3 aromatic rings. The zero-order valence-electron chi connectivity index (χ0n) is 18.6. The highest BCUT2D eigenvalue weighted by Crippen LogP contribution is 2.52. The van der Waals surface area contributed by atoms with Gasteiger partial charge in [0.25, 0.3) is 5.91 Å². The van der Waals surface area contributed by atoms with E-state index >= 15 is 0 Å². The maximum absolute atomic E-state index is 14.0. The van der Waals surface area contributed by atoms with Crippen LogP contribution in [-0.4, -0.2) is 27.5 Å². The molecule has 0 spiro atoms. The molecule has 1 amide bonds. The highest BCUT2D eigenvalue weighted by Gasteiger charge is 2.53. The molecule has 5 nitrogen and oxygen atoms in total. The van der Waals surface area contributed by atoms with Gasteiger partial charge in [-0.15, -0.1) is 0 Å². The number of nitrogens with one attached hydrogen (secondary N) is 1. The molecule has 2 aromatic carbocycles. The number of halogens is 3. The number of fused-ring (bicyclic) bond motifs is 4. The molecular formula is C26H23BrF2N2O3. The summed E-state index contributed by atoms with van der Waals surface area (Å²) in [6.45, 7) is 1.73. The summed E-state index contributed by atoms with van der Waals surface area (Å²) < 4.78 is 28.7. The SMILES string of the molecule is Cc1c(-c2cc(F)cc(F)c2)nc2ccc(Br)cc2c1C(=O)NC12CCC(C(=O)O)(CC1)CC2. The summed E-state index contributed by atoms with van der Waals surface area (Å²) in [4.78, 5) is 30.2. The van der Waals surface area contributed by atoms with Gasteiger partial charge in [0, 0.05) is 27.0 Å². The number of carboxylic acid groups (broad SMARTS) is 1. The maximum Gasteiger partial charge on any atom is 0.309 e. The van der Waals surface area contributed by atoms with Crippen molar-refractivity contribution in [3.8, 4) is 11.3 Å². The van der Waals surface area contributed by atoms with Crippen molar-refractivity contribution in [2.75, 3.05) is 0 Å². The van der Waals surface area contributed by atoms with Crippen molar-refractivity contribution in [3.63, 3.8) is 0 Å². The average molecular weight is 529 g/mol. The van der Waals surface area contributed by atoms with Crippen molar-refractivity contribution in [2.24, 2.45) is 5.41 Å². The van der Waals surface area contributed by atoms with E-state index in [2.05, 4.69) is 26.2 Å². The summed E-state index contributed by atoms with van der Waals surface area (Å²) in [5.41, 5.74) is 0.936.